The number of hydrogen-bond donors (Lipinski definition) is 1. The van der Waals surface area contributed by atoms with E-state index in [0.717, 1.165) is 12.0 Å². The number of unbranched alkanes of at least 4 members (excludes halogenated alkanes) is 1. The zero-order valence-corrected chi connectivity index (χ0v) is 14.2. The standard InChI is InChI=1S/C18H23F3N2O2/c1-2-3-11-15-13-17(25,18(19,20)21)23(22-15)16(24)12-7-10-14-8-5-4-6-9-14/h4-6,8-9,25H,2-3,7,10-13H2,1H3/t17-/m0/s1. The number of nitrogens with zero attached hydrogens (tertiary/aromatic N) is 2. The second-order valence-corrected chi connectivity index (χ2v) is 6.31. The van der Waals surface area contributed by atoms with E-state index in [1.165, 1.54) is 0 Å². The van der Waals surface area contributed by atoms with E-state index >= 15 is 0 Å². The first-order valence-corrected chi connectivity index (χ1v) is 8.50. The molecule has 1 aliphatic rings. The summed E-state index contributed by atoms with van der Waals surface area (Å²) < 4.78 is 40.0. The summed E-state index contributed by atoms with van der Waals surface area (Å²) in [5, 5.41) is 14.2. The first kappa shape index (κ1) is 19.4. The molecule has 7 heteroatoms. The van der Waals surface area contributed by atoms with Gasteiger partial charge in [-0.1, -0.05) is 43.7 Å². The topological polar surface area (TPSA) is 52.9 Å². The summed E-state index contributed by atoms with van der Waals surface area (Å²) in [5.74, 6) is -0.803. The van der Waals surface area contributed by atoms with Crippen LogP contribution in [0, 0.1) is 0 Å². The van der Waals surface area contributed by atoms with Gasteiger partial charge in [-0.25, -0.2) is 0 Å². The second kappa shape index (κ2) is 7.99. The maximum Gasteiger partial charge on any atom is 0.438 e. The van der Waals surface area contributed by atoms with E-state index in [1.54, 1.807) is 0 Å². The first-order valence-electron chi connectivity index (χ1n) is 8.50. The van der Waals surface area contributed by atoms with E-state index < -0.39 is 24.2 Å². The average Bonchev–Trinajstić information content (AvgIpc) is 2.92. The number of hydrazone groups is 1. The van der Waals surface area contributed by atoms with Crippen molar-refractivity contribution < 1.29 is 23.1 Å². The van der Waals surface area contributed by atoms with E-state index in [2.05, 4.69) is 5.10 Å². The number of aliphatic hydroxyl groups is 1. The molecule has 0 unspecified atom stereocenters. The fourth-order valence-corrected chi connectivity index (χ4v) is 2.81. The number of rotatable bonds is 7. The Balaban J connectivity index is 2.03. The van der Waals surface area contributed by atoms with Crippen LogP contribution in [0.1, 0.15) is 51.0 Å². The lowest BCUT2D eigenvalue weighted by Gasteiger charge is -2.32. The highest BCUT2D eigenvalue weighted by Gasteiger charge is 2.62. The molecule has 0 saturated heterocycles. The summed E-state index contributed by atoms with van der Waals surface area (Å²) >= 11 is 0. The lowest BCUT2D eigenvalue weighted by atomic mass is 10.0. The molecule has 1 N–H and O–H groups in total. The minimum atomic E-state index is -4.94. The van der Waals surface area contributed by atoms with Crippen molar-refractivity contribution in [2.45, 2.75) is 63.8 Å². The Labute approximate surface area is 145 Å². The number of hydrogen-bond acceptors (Lipinski definition) is 3. The summed E-state index contributed by atoms with van der Waals surface area (Å²) in [7, 11) is 0. The smallest absolute Gasteiger partial charge is 0.362 e. The van der Waals surface area contributed by atoms with Crippen molar-refractivity contribution in [2.24, 2.45) is 5.10 Å². The summed E-state index contributed by atoms with van der Waals surface area (Å²) in [6.07, 6.45) is -2.91. The summed E-state index contributed by atoms with van der Waals surface area (Å²) in [6.45, 7) is 1.91. The Hall–Kier alpha value is -1.89. The van der Waals surface area contributed by atoms with Crippen LogP contribution in [0.5, 0.6) is 0 Å². The minimum Gasteiger partial charge on any atom is -0.362 e. The van der Waals surface area contributed by atoms with Crippen LogP contribution in [0.2, 0.25) is 0 Å². The van der Waals surface area contributed by atoms with Crippen LogP contribution in [0.3, 0.4) is 0 Å². The third kappa shape index (κ3) is 4.60. The van der Waals surface area contributed by atoms with E-state index in [0.29, 0.717) is 25.7 Å². The highest BCUT2D eigenvalue weighted by atomic mass is 19.4. The monoisotopic (exact) mass is 356 g/mol. The van der Waals surface area contributed by atoms with Crippen LogP contribution in [-0.2, 0) is 11.2 Å². The normalized spacial score (nSPS) is 20.7. The van der Waals surface area contributed by atoms with E-state index in [1.807, 2.05) is 37.3 Å². The van der Waals surface area contributed by atoms with Gasteiger partial charge in [0.25, 0.3) is 5.72 Å². The van der Waals surface area contributed by atoms with E-state index in [9.17, 15) is 23.1 Å². The van der Waals surface area contributed by atoms with Gasteiger partial charge in [0, 0.05) is 18.6 Å². The summed E-state index contributed by atoms with van der Waals surface area (Å²) in [6, 6.07) is 9.39. The number of halogens is 3. The van der Waals surface area contributed by atoms with Gasteiger partial charge in [0.15, 0.2) is 0 Å². The molecule has 1 heterocycles. The van der Waals surface area contributed by atoms with Gasteiger partial charge in [0.05, 0.1) is 0 Å². The molecular weight excluding hydrogens is 333 g/mol. The van der Waals surface area contributed by atoms with Gasteiger partial charge in [0.1, 0.15) is 0 Å². The number of amides is 1. The Morgan fingerprint density at radius 2 is 1.92 bits per heavy atom. The molecule has 0 aliphatic carbocycles. The van der Waals surface area contributed by atoms with Crippen LogP contribution < -0.4 is 0 Å². The van der Waals surface area contributed by atoms with Crippen LogP contribution in [0.25, 0.3) is 0 Å². The lowest BCUT2D eigenvalue weighted by molar-refractivity contribution is -0.302. The van der Waals surface area contributed by atoms with Crippen LogP contribution in [0.4, 0.5) is 13.2 Å². The van der Waals surface area contributed by atoms with Crippen molar-refractivity contribution in [2.75, 3.05) is 0 Å². The highest BCUT2D eigenvalue weighted by Crippen LogP contribution is 2.41. The third-order valence-electron chi connectivity index (χ3n) is 4.25. The number of carbonyl (C=O) groups excluding carboxylic acids is 1. The molecule has 1 atom stereocenters. The maximum atomic E-state index is 13.3. The fraction of sp³-hybridized carbons (Fsp3) is 0.556. The number of carbonyl (C=O) groups is 1. The van der Waals surface area contributed by atoms with Gasteiger partial charge in [0.2, 0.25) is 5.91 Å². The molecule has 0 bridgehead atoms. The molecule has 1 aliphatic heterocycles. The van der Waals surface area contributed by atoms with Crippen molar-refractivity contribution in [1.82, 2.24) is 5.01 Å². The maximum absolute atomic E-state index is 13.3. The van der Waals surface area contributed by atoms with Gasteiger partial charge in [-0.3, -0.25) is 4.79 Å². The average molecular weight is 356 g/mol. The molecular formula is C18H23F3N2O2. The SMILES string of the molecule is CCCCC1=NN(C(=O)CCCc2ccccc2)[C@@](O)(C(F)(F)F)C1. The molecule has 0 fully saturated rings. The minimum absolute atomic E-state index is 0.0994. The third-order valence-corrected chi connectivity index (χ3v) is 4.25. The van der Waals surface area contributed by atoms with Gasteiger partial charge in [-0.15, -0.1) is 0 Å². The Bertz CT molecular complexity index is 616. The quantitative estimate of drug-likeness (QED) is 0.802. The molecule has 2 rings (SSSR count). The van der Waals surface area contributed by atoms with Gasteiger partial charge >= 0.3 is 6.18 Å². The van der Waals surface area contributed by atoms with E-state index in [-0.39, 0.29) is 17.1 Å². The highest BCUT2D eigenvalue weighted by molar-refractivity contribution is 5.90. The largest absolute Gasteiger partial charge is 0.438 e. The predicted molar refractivity (Wildman–Crippen MR) is 88.8 cm³/mol. The first-order chi connectivity index (χ1) is 11.8. The molecule has 1 aromatic rings. The number of alkyl halides is 3. The second-order valence-electron chi connectivity index (χ2n) is 6.31. The van der Waals surface area contributed by atoms with Crippen molar-refractivity contribution >= 4 is 11.6 Å². The van der Waals surface area contributed by atoms with Crippen molar-refractivity contribution in [3.05, 3.63) is 35.9 Å². The molecule has 4 nitrogen and oxygen atoms in total. The summed E-state index contributed by atoms with van der Waals surface area (Å²) in [5.41, 5.74) is -1.99. The van der Waals surface area contributed by atoms with Crippen LogP contribution >= 0.6 is 0 Å². The fourth-order valence-electron chi connectivity index (χ4n) is 2.81. The molecule has 0 spiro atoms. The molecule has 0 saturated carbocycles. The van der Waals surface area contributed by atoms with Crippen LogP contribution in [0.15, 0.2) is 35.4 Å². The van der Waals surface area contributed by atoms with Gasteiger partial charge in [-0.05, 0) is 31.2 Å². The Kier molecular flexibility index (Phi) is 6.21. The number of benzene rings is 1. The molecule has 0 radical (unpaired) electrons. The molecule has 25 heavy (non-hydrogen) atoms. The molecule has 1 amide bonds. The van der Waals surface area contributed by atoms with Gasteiger partial charge < -0.3 is 5.11 Å². The van der Waals surface area contributed by atoms with Crippen molar-refractivity contribution in [1.29, 1.82) is 0 Å². The molecule has 138 valence electrons. The molecule has 1 aromatic carbocycles. The summed E-state index contributed by atoms with van der Waals surface area (Å²) in [4.78, 5) is 12.3. The Morgan fingerprint density at radius 1 is 1.24 bits per heavy atom. The number of aryl methyl sites for hydroxylation is 1. The lowest BCUT2D eigenvalue weighted by Crippen LogP contribution is -2.56. The zero-order chi connectivity index (χ0) is 18.5. The zero-order valence-electron chi connectivity index (χ0n) is 14.2. The Morgan fingerprint density at radius 3 is 2.52 bits per heavy atom. The predicted octanol–water partition coefficient (Wildman–Crippen LogP) is 4.04. The van der Waals surface area contributed by atoms with Crippen LogP contribution in [-0.4, -0.2) is 33.6 Å². The van der Waals surface area contributed by atoms with Gasteiger partial charge in [-0.2, -0.15) is 23.3 Å². The van der Waals surface area contributed by atoms with E-state index in [4.69, 9.17) is 0 Å². The molecule has 0 aromatic heterocycles. The van der Waals surface area contributed by atoms with Crippen molar-refractivity contribution in [3.63, 3.8) is 0 Å². The van der Waals surface area contributed by atoms with Crippen molar-refractivity contribution in [3.8, 4) is 0 Å².